The number of amides is 1. The molecule has 128 valence electrons. The maximum Gasteiger partial charge on any atom is 0.244 e. The lowest BCUT2D eigenvalue weighted by Crippen LogP contribution is -2.36. The van der Waals surface area contributed by atoms with Gasteiger partial charge in [-0.3, -0.25) is 4.79 Å². The maximum atomic E-state index is 12.9. The predicted molar refractivity (Wildman–Crippen MR) is 95.2 cm³/mol. The fourth-order valence-corrected chi connectivity index (χ4v) is 3.28. The van der Waals surface area contributed by atoms with Crippen LogP contribution in [0.3, 0.4) is 0 Å². The summed E-state index contributed by atoms with van der Waals surface area (Å²) in [5, 5.41) is 5.48. The summed E-state index contributed by atoms with van der Waals surface area (Å²) in [6, 6.07) is 7.81. The van der Waals surface area contributed by atoms with Gasteiger partial charge in [-0.15, -0.1) is 0 Å². The third kappa shape index (κ3) is 2.82. The van der Waals surface area contributed by atoms with Gasteiger partial charge in [-0.25, -0.2) is 14.6 Å². The van der Waals surface area contributed by atoms with Crippen LogP contribution in [0.1, 0.15) is 11.3 Å². The van der Waals surface area contributed by atoms with Gasteiger partial charge in [0, 0.05) is 50.0 Å². The summed E-state index contributed by atoms with van der Waals surface area (Å²) in [5.74, 6) is 0.986. The van der Waals surface area contributed by atoms with E-state index in [0.717, 1.165) is 34.7 Å². The molecule has 0 aliphatic carbocycles. The van der Waals surface area contributed by atoms with Gasteiger partial charge in [0.05, 0.1) is 5.69 Å². The van der Waals surface area contributed by atoms with Crippen molar-refractivity contribution in [3.05, 3.63) is 47.9 Å². The Labute approximate surface area is 145 Å². The normalized spacial score (nSPS) is 14.5. The fourth-order valence-electron chi connectivity index (χ4n) is 3.28. The first kappa shape index (κ1) is 15.6. The quantitative estimate of drug-likeness (QED) is 0.711. The van der Waals surface area contributed by atoms with Gasteiger partial charge >= 0.3 is 0 Å². The van der Waals surface area contributed by atoms with E-state index in [4.69, 9.17) is 0 Å². The predicted octanol–water partition coefficient (Wildman–Crippen LogP) is 1.61. The van der Waals surface area contributed by atoms with Crippen molar-refractivity contribution in [2.45, 2.75) is 20.0 Å². The highest BCUT2D eigenvalue weighted by molar-refractivity contribution is 5.81. The van der Waals surface area contributed by atoms with Gasteiger partial charge in [-0.05, 0) is 25.1 Å². The van der Waals surface area contributed by atoms with E-state index in [-0.39, 0.29) is 12.5 Å². The van der Waals surface area contributed by atoms with E-state index in [2.05, 4.69) is 20.0 Å². The summed E-state index contributed by atoms with van der Waals surface area (Å²) >= 11 is 0. The Bertz CT molecular complexity index is 934. The molecule has 3 aromatic rings. The zero-order valence-electron chi connectivity index (χ0n) is 14.4. The number of pyridine rings is 2. The SMILES string of the molecule is Cc1nn(CC(=O)N2CCN(C)c3ncccc3C2)c2ncccc12. The van der Waals surface area contributed by atoms with Crippen molar-refractivity contribution >= 4 is 22.8 Å². The van der Waals surface area contributed by atoms with Crippen LogP contribution in [0.4, 0.5) is 5.82 Å². The average molecular weight is 336 g/mol. The summed E-state index contributed by atoms with van der Waals surface area (Å²) in [4.78, 5) is 25.7. The molecule has 0 bridgehead atoms. The molecule has 0 saturated carbocycles. The Hall–Kier alpha value is -2.96. The zero-order chi connectivity index (χ0) is 17.4. The third-order valence-electron chi connectivity index (χ3n) is 4.63. The molecule has 1 aliphatic rings. The number of fused-ring (bicyclic) bond motifs is 2. The average Bonchev–Trinajstić information content (AvgIpc) is 2.83. The number of carbonyl (C=O) groups is 1. The molecule has 4 rings (SSSR count). The third-order valence-corrected chi connectivity index (χ3v) is 4.63. The van der Waals surface area contributed by atoms with E-state index in [0.29, 0.717) is 13.1 Å². The number of hydrogen-bond acceptors (Lipinski definition) is 5. The largest absolute Gasteiger partial charge is 0.358 e. The number of hydrogen-bond donors (Lipinski definition) is 0. The Kier molecular flexibility index (Phi) is 3.83. The Morgan fingerprint density at radius 2 is 1.96 bits per heavy atom. The van der Waals surface area contributed by atoms with E-state index in [9.17, 15) is 4.79 Å². The number of rotatable bonds is 2. The van der Waals surface area contributed by atoms with Crippen molar-refractivity contribution in [2.24, 2.45) is 0 Å². The molecule has 25 heavy (non-hydrogen) atoms. The van der Waals surface area contributed by atoms with Crippen LogP contribution in [0.5, 0.6) is 0 Å². The fraction of sp³-hybridized carbons (Fsp3) is 0.333. The standard InChI is InChI=1S/C18H20N6O/c1-13-15-6-4-8-20-18(15)24(21-13)12-16(25)23-10-9-22(2)17-14(11-23)5-3-7-19-17/h3-8H,9-12H2,1-2H3. The van der Waals surface area contributed by atoms with Crippen LogP contribution < -0.4 is 4.90 Å². The molecule has 0 aromatic carbocycles. The zero-order valence-corrected chi connectivity index (χ0v) is 14.4. The van der Waals surface area contributed by atoms with Crippen molar-refractivity contribution in [1.82, 2.24) is 24.6 Å². The molecule has 0 N–H and O–H groups in total. The molecule has 1 aliphatic heterocycles. The smallest absolute Gasteiger partial charge is 0.244 e. The highest BCUT2D eigenvalue weighted by Gasteiger charge is 2.23. The Balaban J connectivity index is 1.59. The second-order valence-corrected chi connectivity index (χ2v) is 6.34. The van der Waals surface area contributed by atoms with Crippen molar-refractivity contribution in [1.29, 1.82) is 0 Å². The van der Waals surface area contributed by atoms with Crippen molar-refractivity contribution < 1.29 is 4.79 Å². The minimum absolute atomic E-state index is 0.0418. The summed E-state index contributed by atoms with van der Waals surface area (Å²) in [6.07, 6.45) is 3.52. The summed E-state index contributed by atoms with van der Waals surface area (Å²) < 4.78 is 1.70. The van der Waals surface area contributed by atoms with Crippen LogP contribution in [0.25, 0.3) is 11.0 Å². The molecule has 0 unspecified atom stereocenters. The molecule has 3 aromatic heterocycles. The summed E-state index contributed by atoms with van der Waals surface area (Å²) in [7, 11) is 2.01. The van der Waals surface area contributed by atoms with Crippen LogP contribution in [0.15, 0.2) is 36.7 Å². The second kappa shape index (κ2) is 6.16. The summed E-state index contributed by atoms with van der Waals surface area (Å²) in [5.41, 5.74) is 2.71. The van der Waals surface area contributed by atoms with E-state index in [1.165, 1.54) is 0 Å². The lowest BCUT2D eigenvalue weighted by Gasteiger charge is -2.21. The van der Waals surface area contributed by atoms with E-state index >= 15 is 0 Å². The lowest BCUT2D eigenvalue weighted by molar-refractivity contribution is -0.132. The van der Waals surface area contributed by atoms with E-state index in [1.807, 2.05) is 43.1 Å². The summed E-state index contributed by atoms with van der Waals surface area (Å²) in [6.45, 7) is 4.12. The molecule has 0 fully saturated rings. The number of anilines is 1. The Morgan fingerprint density at radius 1 is 1.16 bits per heavy atom. The van der Waals surface area contributed by atoms with Crippen LogP contribution >= 0.6 is 0 Å². The molecular formula is C18H20N6O. The van der Waals surface area contributed by atoms with Crippen molar-refractivity contribution in [3.63, 3.8) is 0 Å². The van der Waals surface area contributed by atoms with Crippen molar-refractivity contribution in [2.75, 3.05) is 25.0 Å². The first-order valence-electron chi connectivity index (χ1n) is 8.34. The van der Waals surface area contributed by atoms with Gasteiger partial charge in [0.25, 0.3) is 0 Å². The van der Waals surface area contributed by atoms with Gasteiger partial charge in [-0.2, -0.15) is 5.10 Å². The molecule has 7 nitrogen and oxygen atoms in total. The molecule has 4 heterocycles. The minimum Gasteiger partial charge on any atom is -0.358 e. The van der Waals surface area contributed by atoms with Gasteiger partial charge < -0.3 is 9.80 Å². The van der Waals surface area contributed by atoms with Gasteiger partial charge in [0.15, 0.2) is 5.65 Å². The maximum absolute atomic E-state index is 12.9. The number of aromatic nitrogens is 4. The number of carbonyl (C=O) groups excluding carboxylic acids is 1. The number of likely N-dealkylation sites (N-methyl/N-ethyl adjacent to an activating group) is 1. The first-order valence-corrected chi connectivity index (χ1v) is 8.34. The molecule has 0 radical (unpaired) electrons. The Morgan fingerprint density at radius 3 is 2.84 bits per heavy atom. The molecule has 0 saturated heterocycles. The second-order valence-electron chi connectivity index (χ2n) is 6.34. The first-order chi connectivity index (χ1) is 12.1. The monoisotopic (exact) mass is 336 g/mol. The molecule has 1 amide bonds. The number of nitrogens with zero attached hydrogens (tertiary/aromatic N) is 6. The molecule has 7 heteroatoms. The minimum atomic E-state index is 0.0418. The molecule has 0 atom stereocenters. The highest BCUT2D eigenvalue weighted by atomic mass is 16.2. The van der Waals surface area contributed by atoms with Crippen LogP contribution in [0.2, 0.25) is 0 Å². The van der Waals surface area contributed by atoms with Crippen LogP contribution in [0, 0.1) is 6.92 Å². The van der Waals surface area contributed by atoms with Crippen molar-refractivity contribution in [3.8, 4) is 0 Å². The van der Waals surface area contributed by atoms with Gasteiger partial charge in [0.1, 0.15) is 12.4 Å². The van der Waals surface area contributed by atoms with Gasteiger partial charge in [0.2, 0.25) is 5.91 Å². The van der Waals surface area contributed by atoms with E-state index < -0.39 is 0 Å². The van der Waals surface area contributed by atoms with Gasteiger partial charge in [-0.1, -0.05) is 6.07 Å². The highest BCUT2D eigenvalue weighted by Crippen LogP contribution is 2.21. The van der Waals surface area contributed by atoms with Crippen LogP contribution in [-0.4, -0.2) is 50.7 Å². The lowest BCUT2D eigenvalue weighted by atomic mass is 10.2. The van der Waals surface area contributed by atoms with Crippen LogP contribution in [-0.2, 0) is 17.9 Å². The number of aryl methyl sites for hydroxylation is 1. The molecule has 0 spiro atoms. The molecular weight excluding hydrogens is 316 g/mol. The van der Waals surface area contributed by atoms with E-state index in [1.54, 1.807) is 17.1 Å². The topological polar surface area (TPSA) is 67.2 Å².